The van der Waals surface area contributed by atoms with Gasteiger partial charge in [-0.1, -0.05) is 0 Å². The minimum absolute atomic E-state index is 0.106. The van der Waals surface area contributed by atoms with Crippen molar-refractivity contribution in [1.29, 1.82) is 0 Å². The molecule has 4 nitrogen and oxygen atoms in total. The Morgan fingerprint density at radius 3 is 2.67 bits per heavy atom. The summed E-state index contributed by atoms with van der Waals surface area (Å²) in [5.41, 5.74) is -0.845. The van der Waals surface area contributed by atoms with E-state index < -0.39 is 18.1 Å². The number of nitrogens with zero attached hydrogens (tertiary/aromatic N) is 1. The van der Waals surface area contributed by atoms with Gasteiger partial charge in [-0.2, -0.15) is 0 Å². The van der Waals surface area contributed by atoms with Gasteiger partial charge in [0.05, 0.1) is 10.7 Å². The molecule has 0 aromatic carbocycles. The lowest BCUT2D eigenvalue weighted by atomic mass is 10.2. The van der Waals surface area contributed by atoms with E-state index in [-0.39, 0.29) is 15.0 Å². The molecule has 0 atom stereocenters. The summed E-state index contributed by atoms with van der Waals surface area (Å²) in [7, 11) is 1.24. The Labute approximate surface area is 97.4 Å². The van der Waals surface area contributed by atoms with E-state index in [0.717, 1.165) is 6.07 Å². The van der Waals surface area contributed by atoms with E-state index in [4.69, 9.17) is 9.84 Å². The fourth-order valence-electron chi connectivity index (χ4n) is 0.928. The number of carboxylic acids is 1. The Bertz CT molecular complexity index is 398. The SMILES string of the molecule is COc1nc(C(=O)O)cc(C(F)F)c1I. The largest absolute Gasteiger partial charge is 0.480 e. The zero-order chi connectivity index (χ0) is 11.6. The summed E-state index contributed by atoms with van der Waals surface area (Å²) in [4.78, 5) is 14.2. The Balaban J connectivity index is 3.38. The van der Waals surface area contributed by atoms with Gasteiger partial charge in [0.25, 0.3) is 6.43 Å². The van der Waals surface area contributed by atoms with Crippen molar-refractivity contribution >= 4 is 28.6 Å². The molecule has 1 rings (SSSR count). The van der Waals surface area contributed by atoms with Crippen LogP contribution >= 0.6 is 22.6 Å². The first-order valence-corrected chi connectivity index (χ1v) is 4.81. The Hall–Kier alpha value is -0.990. The Morgan fingerprint density at radius 2 is 2.27 bits per heavy atom. The van der Waals surface area contributed by atoms with E-state index in [1.807, 2.05) is 0 Å². The summed E-state index contributed by atoms with van der Waals surface area (Å²) < 4.78 is 29.8. The molecule has 1 N–H and O–H groups in total. The van der Waals surface area contributed by atoms with Crippen LogP contribution in [-0.4, -0.2) is 23.2 Å². The zero-order valence-corrected chi connectivity index (χ0v) is 9.66. The Kier molecular flexibility index (Phi) is 3.77. The number of methoxy groups -OCH3 is 1. The van der Waals surface area contributed by atoms with Crippen molar-refractivity contribution in [2.24, 2.45) is 0 Å². The number of hydrogen-bond donors (Lipinski definition) is 1. The van der Waals surface area contributed by atoms with Gasteiger partial charge in [0.2, 0.25) is 5.88 Å². The smallest absolute Gasteiger partial charge is 0.354 e. The van der Waals surface area contributed by atoms with E-state index in [2.05, 4.69) is 4.98 Å². The number of pyridine rings is 1. The first-order chi connectivity index (χ1) is 6.97. The molecule has 0 aliphatic rings. The van der Waals surface area contributed by atoms with Crippen LogP contribution in [0.5, 0.6) is 5.88 Å². The van der Waals surface area contributed by atoms with Gasteiger partial charge in [-0.05, 0) is 28.7 Å². The average molecular weight is 329 g/mol. The normalized spacial score (nSPS) is 10.5. The lowest BCUT2D eigenvalue weighted by molar-refractivity contribution is 0.0688. The summed E-state index contributed by atoms with van der Waals surface area (Å²) in [5, 5.41) is 8.64. The molecular formula is C8H6F2INO3. The third kappa shape index (κ3) is 2.52. The number of aromatic nitrogens is 1. The van der Waals surface area contributed by atoms with E-state index in [1.54, 1.807) is 22.6 Å². The number of ether oxygens (including phenoxy) is 1. The molecular weight excluding hydrogens is 323 g/mol. The van der Waals surface area contributed by atoms with Gasteiger partial charge in [-0.3, -0.25) is 0 Å². The zero-order valence-electron chi connectivity index (χ0n) is 7.50. The molecule has 0 bridgehead atoms. The van der Waals surface area contributed by atoms with Crippen molar-refractivity contribution in [3.8, 4) is 5.88 Å². The molecule has 0 spiro atoms. The third-order valence-electron chi connectivity index (χ3n) is 1.60. The van der Waals surface area contributed by atoms with Gasteiger partial charge >= 0.3 is 5.97 Å². The van der Waals surface area contributed by atoms with Crippen molar-refractivity contribution in [3.05, 3.63) is 20.9 Å². The van der Waals surface area contributed by atoms with Gasteiger partial charge < -0.3 is 9.84 Å². The van der Waals surface area contributed by atoms with Crippen LogP contribution in [0.4, 0.5) is 8.78 Å². The van der Waals surface area contributed by atoms with Crippen LogP contribution in [0.25, 0.3) is 0 Å². The molecule has 0 unspecified atom stereocenters. The first kappa shape index (κ1) is 12.1. The second-order valence-electron chi connectivity index (χ2n) is 2.53. The summed E-state index contributed by atoms with van der Waals surface area (Å²) in [6, 6.07) is 0.845. The number of carboxylic acid groups (broad SMARTS) is 1. The molecule has 0 fully saturated rings. The summed E-state index contributed by atoms with van der Waals surface area (Å²) in [6.07, 6.45) is -2.76. The van der Waals surface area contributed by atoms with Gasteiger partial charge in [-0.25, -0.2) is 18.6 Å². The van der Waals surface area contributed by atoms with Crippen LogP contribution in [0.2, 0.25) is 0 Å². The molecule has 1 aromatic rings. The van der Waals surface area contributed by atoms with Crippen LogP contribution in [0, 0.1) is 3.57 Å². The van der Waals surface area contributed by atoms with Gasteiger partial charge in [0.1, 0.15) is 0 Å². The highest BCUT2D eigenvalue weighted by Gasteiger charge is 2.20. The fourth-order valence-corrected chi connectivity index (χ4v) is 1.66. The maximum absolute atomic E-state index is 12.5. The predicted molar refractivity (Wildman–Crippen MR) is 55.4 cm³/mol. The number of halogens is 3. The molecule has 0 aliphatic heterocycles. The quantitative estimate of drug-likeness (QED) is 0.865. The number of hydrogen-bond acceptors (Lipinski definition) is 3. The minimum atomic E-state index is -2.76. The summed E-state index contributed by atoms with van der Waals surface area (Å²) >= 11 is 1.64. The molecule has 0 radical (unpaired) electrons. The van der Waals surface area contributed by atoms with Crippen LogP contribution in [-0.2, 0) is 0 Å². The van der Waals surface area contributed by atoms with Crippen molar-refractivity contribution in [2.75, 3.05) is 7.11 Å². The monoisotopic (exact) mass is 329 g/mol. The summed E-state index contributed by atoms with van der Waals surface area (Å²) in [6.45, 7) is 0. The predicted octanol–water partition coefficient (Wildman–Crippen LogP) is 2.33. The van der Waals surface area contributed by atoms with Crippen molar-refractivity contribution in [1.82, 2.24) is 4.98 Å². The molecule has 0 saturated heterocycles. The second-order valence-corrected chi connectivity index (χ2v) is 3.60. The second kappa shape index (κ2) is 4.69. The maximum atomic E-state index is 12.5. The molecule has 7 heteroatoms. The summed E-state index contributed by atoms with van der Waals surface area (Å²) in [5.74, 6) is -1.47. The Morgan fingerprint density at radius 1 is 1.67 bits per heavy atom. The lowest BCUT2D eigenvalue weighted by Crippen LogP contribution is -2.06. The van der Waals surface area contributed by atoms with E-state index >= 15 is 0 Å². The first-order valence-electron chi connectivity index (χ1n) is 3.73. The maximum Gasteiger partial charge on any atom is 0.354 e. The number of carbonyl (C=O) groups is 1. The van der Waals surface area contributed by atoms with Crippen molar-refractivity contribution in [2.45, 2.75) is 6.43 Å². The van der Waals surface area contributed by atoms with Crippen LogP contribution < -0.4 is 4.74 Å². The highest BCUT2D eigenvalue weighted by Crippen LogP contribution is 2.30. The number of rotatable bonds is 3. The van der Waals surface area contributed by atoms with Gasteiger partial charge in [0, 0.05) is 5.56 Å². The van der Waals surface area contributed by atoms with Crippen LogP contribution in [0.1, 0.15) is 22.5 Å². The minimum Gasteiger partial charge on any atom is -0.480 e. The number of aromatic carboxylic acids is 1. The van der Waals surface area contributed by atoms with E-state index in [0.29, 0.717) is 0 Å². The number of alkyl halides is 2. The highest BCUT2D eigenvalue weighted by atomic mass is 127. The molecule has 0 amide bonds. The van der Waals surface area contributed by atoms with Crippen LogP contribution in [0.15, 0.2) is 6.07 Å². The molecule has 0 aliphatic carbocycles. The van der Waals surface area contributed by atoms with Gasteiger partial charge in [0.15, 0.2) is 5.69 Å². The van der Waals surface area contributed by atoms with E-state index in [1.165, 1.54) is 7.11 Å². The molecule has 0 saturated carbocycles. The third-order valence-corrected chi connectivity index (χ3v) is 2.69. The lowest BCUT2D eigenvalue weighted by Gasteiger charge is -2.08. The molecule has 1 aromatic heterocycles. The van der Waals surface area contributed by atoms with Gasteiger partial charge in [-0.15, -0.1) is 0 Å². The molecule has 82 valence electrons. The fraction of sp³-hybridized carbons (Fsp3) is 0.250. The molecule has 1 heterocycles. The van der Waals surface area contributed by atoms with E-state index in [9.17, 15) is 13.6 Å². The molecule has 15 heavy (non-hydrogen) atoms. The average Bonchev–Trinajstić information content (AvgIpc) is 2.17. The van der Waals surface area contributed by atoms with Crippen molar-refractivity contribution < 1.29 is 23.4 Å². The standard InChI is InChI=1S/C8H6F2INO3/c1-15-7-5(11)3(6(9)10)2-4(12-7)8(13)14/h2,6H,1H3,(H,13,14). The highest BCUT2D eigenvalue weighted by molar-refractivity contribution is 14.1. The topological polar surface area (TPSA) is 59.4 Å². The van der Waals surface area contributed by atoms with Crippen LogP contribution in [0.3, 0.4) is 0 Å². The van der Waals surface area contributed by atoms with Crippen molar-refractivity contribution in [3.63, 3.8) is 0 Å².